The monoisotopic (exact) mass is 425 g/mol. The third kappa shape index (κ3) is 3.37. The van der Waals surface area contributed by atoms with Crippen LogP contribution >= 0.6 is 11.3 Å². The molecule has 30 heavy (non-hydrogen) atoms. The number of aryl methyl sites for hydroxylation is 1. The van der Waals surface area contributed by atoms with Crippen LogP contribution in [0.1, 0.15) is 37.9 Å². The highest BCUT2D eigenvalue weighted by Crippen LogP contribution is 2.40. The highest BCUT2D eigenvalue weighted by Gasteiger charge is 2.34. The fourth-order valence-corrected chi connectivity index (χ4v) is 5.52. The van der Waals surface area contributed by atoms with E-state index in [0.717, 1.165) is 27.1 Å². The first-order chi connectivity index (χ1) is 14.6. The zero-order chi connectivity index (χ0) is 20.7. The zero-order valence-corrected chi connectivity index (χ0v) is 17.6. The molecule has 0 bridgehead atoms. The molecule has 0 spiro atoms. The molecular weight excluding hydrogens is 402 g/mol. The molecule has 2 amide bonds. The highest BCUT2D eigenvalue weighted by molar-refractivity contribution is 7.20. The molecule has 0 radical (unpaired) electrons. The highest BCUT2D eigenvalue weighted by atomic mass is 32.1. The van der Waals surface area contributed by atoms with Gasteiger partial charge < -0.3 is 14.5 Å². The molecule has 9 heteroatoms. The van der Waals surface area contributed by atoms with Gasteiger partial charge in [-0.25, -0.2) is 4.98 Å². The fourth-order valence-electron chi connectivity index (χ4n) is 4.32. The number of aromatic nitrogens is 3. The van der Waals surface area contributed by atoms with Crippen molar-refractivity contribution in [1.29, 1.82) is 0 Å². The smallest absolute Gasteiger partial charge is 0.264 e. The molecule has 0 saturated carbocycles. The largest absolute Gasteiger partial charge is 0.378 e. The van der Waals surface area contributed by atoms with Gasteiger partial charge in [-0.3, -0.25) is 14.3 Å². The van der Waals surface area contributed by atoms with Crippen molar-refractivity contribution in [3.05, 3.63) is 46.7 Å². The summed E-state index contributed by atoms with van der Waals surface area (Å²) in [7, 11) is 1.80. The summed E-state index contributed by atoms with van der Waals surface area (Å²) in [5.41, 5.74) is 1.64. The van der Waals surface area contributed by atoms with Crippen LogP contribution in [0.4, 0.5) is 0 Å². The van der Waals surface area contributed by atoms with E-state index >= 15 is 0 Å². The summed E-state index contributed by atoms with van der Waals surface area (Å²) in [5.74, 6) is 0.154. The van der Waals surface area contributed by atoms with Gasteiger partial charge in [0.2, 0.25) is 0 Å². The maximum Gasteiger partial charge on any atom is 0.264 e. The molecule has 5 rings (SSSR count). The summed E-state index contributed by atoms with van der Waals surface area (Å²) in [6.45, 7) is 3.62. The summed E-state index contributed by atoms with van der Waals surface area (Å²) in [6, 6.07) is 3.95. The summed E-state index contributed by atoms with van der Waals surface area (Å²) >= 11 is 1.46. The van der Waals surface area contributed by atoms with E-state index in [-0.39, 0.29) is 17.7 Å². The predicted molar refractivity (Wildman–Crippen MR) is 113 cm³/mol. The second-order valence-corrected chi connectivity index (χ2v) is 8.74. The SMILES string of the molecule is Cn1cc(C(=O)N2CC[C@@H](c3c(C(=O)N4CCOCC4)sc4ncccc34)C2)cn1. The van der Waals surface area contributed by atoms with Crippen molar-refractivity contribution in [2.45, 2.75) is 12.3 Å². The average molecular weight is 426 g/mol. The van der Waals surface area contributed by atoms with Crippen LogP contribution in [-0.4, -0.2) is 75.8 Å². The van der Waals surface area contributed by atoms with Crippen molar-refractivity contribution in [2.24, 2.45) is 7.05 Å². The first kappa shape index (κ1) is 19.2. The summed E-state index contributed by atoms with van der Waals surface area (Å²) in [6.07, 6.45) is 5.94. The molecule has 3 aromatic rings. The Balaban J connectivity index is 1.46. The van der Waals surface area contributed by atoms with Crippen LogP contribution in [0.5, 0.6) is 0 Å². The summed E-state index contributed by atoms with van der Waals surface area (Å²) in [5, 5.41) is 5.14. The zero-order valence-electron chi connectivity index (χ0n) is 16.8. The number of morpholine rings is 1. The van der Waals surface area contributed by atoms with Gasteiger partial charge in [-0.05, 0) is 18.1 Å². The minimum Gasteiger partial charge on any atom is -0.378 e. The normalized spacial score (nSPS) is 19.6. The van der Waals surface area contributed by atoms with Crippen molar-refractivity contribution < 1.29 is 14.3 Å². The standard InChI is InChI=1S/C21H23N5O3S/c1-24-12-15(11-23-24)20(27)26-6-4-14(13-26)17-16-3-2-5-22-19(16)30-18(17)21(28)25-7-9-29-10-8-25/h2-3,5,11-12,14H,4,6-10,13H2,1H3/t14-/m1/s1. The third-order valence-electron chi connectivity index (χ3n) is 5.83. The quantitative estimate of drug-likeness (QED) is 0.642. The maximum absolute atomic E-state index is 13.3. The summed E-state index contributed by atoms with van der Waals surface area (Å²) < 4.78 is 7.04. The van der Waals surface area contributed by atoms with Gasteiger partial charge in [-0.1, -0.05) is 6.07 Å². The molecule has 0 aliphatic carbocycles. The molecule has 2 saturated heterocycles. The number of carbonyl (C=O) groups is 2. The van der Waals surface area contributed by atoms with Crippen LogP contribution in [0.15, 0.2) is 30.7 Å². The Hall–Kier alpha value is -2.78. The Morgan fingerprint density at radius 3 is 2.77 bits per heavy atom. The molecule has 0 aromatic carbocycles. The van der Waals surface area contributed by atoms with Crippen molar-refractivity contribution in [3.8, 4) is 0 Å². The lowest BCUT2D eigenvalue weighted by Gasteiger charge is -2.27. The van der Waals surface area contributed by atoms with Gasteiger partial charge in [-0.15, -0.1) is 11.3 Å². The van der Waals surface area contributed by atoms with Crippen LogP contribution in [0.2, 0.25) is 0 Å². The number of thiophene rings is 1. The van der Waals surface area contributed by atoms with Gasteiger partial charge in [0.25, 0.3) is 11.8 Å². The predicted octanol–water partition coefficient (Wildman–Crippen LogP) is 2.13. The third-order valence-corrected chi connectivity index (χ3v) is 6.95. The number of hydrogen-bond donors (Lipinski definition) is 0. The van der Waals surface area contributed by atoms with Gasteiger partial charge in [0.15, 0.2) is 0 Å². The number of carbonyl (C=O) groups excluding carboxylic acids is 2. The van der Waals surface area contributed by atoms with Crippen molar-refractivity contribution in [2.75, 3.05) is 39.4 Å². The minimum absolute atomic E-state index is 0.00989. The average Bonchev–Trinajstić information content (AvgIpc) is 3.51. The number of pyridine rings is 1. The molecule has 3 aromatic heterocycles. The van der Waals surface area contributed by atoms with Gasteiger partial charge in [-0.2, -0.15) is 5.10 Å². The number of amides is 2. The van der Waals surface area contributed by atoms with Gasteiger partial charge >= 0.3 is 0 Å². The summed E-state index contributed by atoms with van der Waals surface area (Å²) in [4.78, 5) is 36.1. The van der Waals surface area contributed by atoms with E-state index < -0.39 is 0 Å². The van der Waals surface area contributed by atoms with E-state index in [1.54, 1.807) is 30.3 Å². The first-order valence-electron chi connectivity index (χ1n) is 10.1. The fraction of sp³-hybridized carbons (Fsp3) is 0.429. The molecule has 0 N–H and O–H groups in total. The molecule has 8 nitrogen and oxygen atoms in total. The Morgan fingerprint density at radius 1 is 1.17 bits per heavy atom. The van der Waals surface area contributed by atoms with Crippen molar-refractivity contribution in [3.63, 3.8) is 0 Å². The van der Waals surface area contributed by atoms with Gasteiger partial charge in [0, 0.05) is 56.9 Å². The van der Waals surface area contributed by atoms with Crippen LogP contribution in [0, 0.1) is 0 Å². The molecule has 2 aliphatic rings. The lowest BCUT2D eigenvalue weighted by molar-refractivity contribution is 0.0305. The Morgan fingerprint density at radius 2 is 2.00 bits per heavy atom. The minimum atomic E-state index is -0.00989. The molecule has 156 valence electrons. The lowest BCUT2D eigenvalue weighted by atomic mass is 9.95. The van der Waals surface area contributed by atoms with E-state index in [1.807, 2.05) is 21.9 Å². The molecule has 2 fully saturated rings. The number of nitrogens with zero attached hydrogens (tertiary/aromatic N) is 5. The number of ether oxygens (including phenoxy) is 1. The Labute approximate surface area is 178 Å². The Bertz CT molecular complexity index is 1100. The molecule has 0 unspecified atom stereocenters. The van der Waals surface area contributed by atoms with Crippen LogP contribution in [0.25, 0.3) is 10.2 Å². The maximum atomic E-state index is 13.3. The molecule has 1 atom stereocenters. The van der Waals surface area contributed by atoms with Crippen LogP contribution in [-0.2, 0) is 11.8 Å². The second kappa shape index (κ2) is 7.81. The van der Waals surface area contributed by atoms with Crippen molar-refractivity contribution in [1.82, 2.24) is 24.6 Å². The lowest BCUT2D eigenvalue weighted by Crippen LogP contribution is -2.40. The van der Waals surface area contributed by atoms with Crippen LogP contribution in [0.3, 0.4) is 0 Å². The first-order valence-corrected chi connectivity index (χ1v) is 11.0. The number of likely N-dealkylation sites (tertiary alicyclic amines) is 1. The van der Waals surface area contributed by atoms with E-state index in [1.165, 1.54) is 11.3 Å². The second-order valence-electron chi connectivity index (χ2n) is 7.74. The van der Waals surface area contributed by atoms with E-state index in [9.17, 15) is 9.59 Å². The molecule has 5 heterocycles. The van der Waals surface area contributed by atoms with E-state index in [2.05, 4.69) is 10.1 Å². The molecule has 2 aliphatic heterocycles. The number of hydrogen-bond acceptors (Lipinski definition) is 6. The van der Waals surface area contributed by atoms with Gasteiger partial charge in [0.1, 0.15) is 4.83 Å². The molecular formula is C21H23N5O3S. The van der Waals surface area contributed by atoms with Gasteiger partial charge in [0.05, 0.1) is 29.9 Å². The van der Waals surface area contributed by atoms with E-state index in [4.69, 9.17) is 4.74 Å². The van der Waals surface area contributed by atoms with E-state index in [0.29, 0.717) is 45.0 Å². The van der Waals surface area contributed by atoms with Crippen molar-refractivity contribution >= 4 is 33.4 Å². The Kier molecular flexibility index (Phi) is 5.00. The topological polar surface area (TPSA) is 80.6 Å². The van der Waals surface area contributed by atoms with Crippen LogP contribution < -0.4 is 0 Å². The number of fused-ring (bicyclic) bond motifs is 1. The number of rotatable bonds is 3.